The van der Waals surface area contributed by atoms with Crippen molar-refractivity contribution >= 4 is 25.4 Å². The first kappa shape index (κ1) is 16.6. The van der Waals surface area contributed by atoms with Gasteiger partial charge in [-0.1, -0.05) is 43.2 Å². The highest BCUT2D eigenvalue weighted by Gasteiger charge is 2.00. The molecule has 0 aromatic heterocycles. The number of carbonyl (C=O) groups excluding carboxylic acids is 2. The number of rotatable bonds is 4. The van der Waals surface area contributed by atoms with Crippen molar-refractivity contribution in [2.75, 3.05) is 0 Å². The molecule has 4 heteroatoms. The molecule has 2 aromatic rings. The van der Waals surface area contributed by atoms with Gasteiger partial charge in [0.25, 0.3) is 0 Å². The van der Waals surface area contributed by atoms with Crippen LogP contribution < -0.4 is 0 Å². The van der Waals surface area contributed by atoms with E-state index in [0.29, 0.717) is 5.69 Å². The summed E-state index contributed by atoms with van der Waals surface area (Å²) in [6.45, 7) is 3.06. The van der Waals surface area contributed by atoms with Crippen LogP contribution in [0.3, 0.4) is 0 Å². The molecular formula is C17H16BNO2. The third-order valence-corrected chi connectivity index (χ3v) is 2.88. The van der Waals surface area contributed by atoms with Crippen LogP contribution in [-0.4, -0.2) is 19.7 Å². The van der Waals surface area contributed by atoms with Crippen molar-refractivity contribution in [3.05, 3.63) is 65.2 Å². The monoisotopic (exact) mass is 277 g/mol. The van der Waals surface area contributed by atoms with Crippen LogP contribution in [-0.2, 0) is 11.2 Å². The molecule has 2 radical (unpaired) electrons. The van der Waals surface area contributed by atoms with Crippen LogP contribution in [0.1, 0.15) is 28.4 Å². The molecule has 2 rings (SSSR count). The van der Waals surface area contributed by atoms with Crippen LogP contribution in [0.15, 0.2) is 53.5 Å². The van der Waals surface area contributed by atoms with Gasteiger partial charge in [0, 0.05) is 5.56 Å². The summed E-state index contributed by atoms with van der Waals surface area (Å²) < 4.78 is 0. The lowest BCUT2D eigenvalue weighted by Gasteiger charge is -2.03. The molecule has 0 N–H and O–H groups in total. The molecule has 0 amide bonds. The first-order valence-electron chi connectivity index (χ1n) is 6.53. The Morgan fingerprint density at radius 2 is 1.48 bits per heavy atom. The van der Waals surface area contributed by atoms with Crippen molar-refractivity contribution in [1.29, 1.82) is 0 Å². The number of hydrogen-bond acceptors (Lipinski definition) is 3. The number of ketones is 1. The zero-order chi connectivity index (χ0) is 15.7. The maximum absolute atomic E-state index is 11.2. The summed E-state index contributed by atoms with van der Waals surface area (Å²) in [5.74, 6) is 0.0719. The minimum absolute atomic E-state index is 0.0719. The minimum Gasteiger partial charge on any atom is -0.295 e. The zero-order valence-corrected chi connectivity index (χ0v) is 12.2. The van der Waals surface area contributed by atoms with Crippen molar-refractivity contribution in [1.82, 2.24) is 0 Å². The Kier molecular flexibility index (Phi) is 6.86. The molecule has 104 valence electrons. The Hall–Kier alpha value is -2.45. The average molecular weight is 277 g/mol. The van der Waals surface area contributed by atoms with E-state index in [9.17, 15) is 9.59 Å². The fourth-order valence-electron chi connectivity index (χ4n) is 1.83. The molecule has 0 fully saturated rings. The topological polar surface area (TPSA) is 46.5 Å². The van der Waals surface area contributed by atoms with Crippen LogP contribution in [0, 0.1) is 0 Å². The molecule has 0 aliphatic rings. The third kappa shape index (κ3) is 5.21. The van der Waals surface area contributed by atoms with Gasteiger partial charge < -0.3 is 0 Å². The molecule has 0 aliphatic carbocycles. The van der Waals surface area contributed by atoms with Crippen LogP contribution in [0.2, 0.25) is 6.82 Å². The molecule has 0 bridgehead atoms. The van der Waals surface area contributed by atoms with Crippen molar-refractivity contribution in [2.24, 2.45) is 4.99 Å². The van der Waals surface area contributed by atoms with Gasteiger partial charge in [-0.05, 0) is 36.6 Å². The molecule has 0 aliphatic heterocycles. The second kappa shape index (κ2) is 8.67. The summed E-state index contributed by atoms with van der Waals surface area (Å²) in [5, 5.41) is 0. The SMILES string of the molecule is CC(=O)c1ccc(Cc2ccc(N=C=O)cc2)cc1.[B]C. The van der Waals surface area contributed by atoms with E-state index in [4.69, 9.17) is 0 Å². The second-order valence-corrected chi connectivity index (χ2v) is 4.30. The number of aliphatic imine (C=N–C) groups is 1. The summed E-state index contributed by atoms with van der Waals surface area (Å²) in [6, 6.07) is 15.0. The van der Waals surface area contributed by atoms with E-state index >= 15 is 0 Å². The molecule has 0 spiro atoms. The summed E-state index contributed by atoms with van der Waals surface area (Å²) >= 11 is 0. The molecule has 0 heterocycles. The van der Waals surface area contributed by atoms with Crippen LogP contribution in [0.25, 0.3) is 0 Å². The van der Waals surface area contributed by atoms with Gasteiger partial charge in [-0.15, -0.1) is 0 Å². The lowest BCUT2D eigenvalue weighted by atomic mass is 10.0. The molecule has 0 saturated carbocycles. The zero-order valence-electron chi connectivity index (χ0n) is 12.2. The minimum atomic E-state index is 0.0719. The predicted molar refractivity (Wildman–Crippen MR) is 85.1 cm³/mol. The Morgan fingerprint density at radius 1 is 1.00 bits per heavy atom. The number of nitrogens with zero attached hydrogens (tertiary/aromatic N) is 1. The third-order valence-electron chi connectivity index (χ3n) is 2.88. The Balaban J connectivity index is 0.00000106. The second-order valence-electron chi connectivity index (χ2n) is 4.30. The van der Waals surface area contributed by atoms with Crippen molar-refractivity contribution in [3.8, 4) is 0 Å². The highest BCUT2D eigenvalue weighted by atomic mass is 16.1. The Labute approximate surface area is 126 Å². The maximum Gasteiger partial charge on any atom is 0.240 e. The highest BCUT2D eigenvalue weighted by Crippen LogP contribution is 2.15. The summed E-state index contributed by atoms with van der Waals surface area (Å²) in [4.78, 5) is 24.8. The van der Waals surface area contributed by atoms with E-state index in [2.05, 4.69) is 12.8 Å². The standard InChI is InChI=1S/C16H13NO2.CH3B/c1-12(19)15-6-2-13(3-7-15)10-14-4-8-16(9-5-14)17-11-18;1-2/h2-9H,10H2,1H3;1H3. The number of Topliss-reactive ketones (excluding diaryl/α,β-unsaturated/α-hetero) is 1. The molecule has 21 heavy (non-hydrogen) atoms. The molecular weight excluding hydrogens is 261 g/mol. The maximum atomic E-state index is 11.2. The fourth-order valence-corrected chi connectivity index (χ4v) is 1.83. The molecule has 2 aromatic carbocycles. The van der Waals surface area contributed by atoms with E-state index in [1.807, 2.05) is 36.4 Å². The Bertz CT molecular complexity index is 583. The van der Waals surface area contributed by atoms with Crippen molar-refractivity contribution < 1.29 is 9.59 Å². The van der Waals surface area contributed by atoms with Crippen LogP contribution in [0.4, 0.5) is 5.69 Å². The van der Waals surface area contributed by atoms with E-state index < -0.39 is 0 Å². The molecule has 3 nitrogen and oxygen atoms in total. The van der Waals surface area contributed by atoms with Gasteiger partial charge in [-0.3, -0.25) is 4.79 Å². The summed E-state index contributed by atoms with van der Waals surface area (Å²) in [7, 11) is 4.50. The number of benzene rings is 2. The van der Waals surface area contributed by atoms with Gasteiger partial charge in [0.1, 0.15) is 0 Å². The quantitative estimate of drug-likeness (QED) is 0.370. The van der Waals surface area contributed by atoms with E-state index in [1.54, 1.807) is 19.1 Å². The normalized spacial score (nSPS) is 9.05. The van der Waals surface area contributed by atoms with E-state index in [0.717, 1.165) is 23.1 Å². The molecule has 0 unspecified atom stereocenters. The smallest absolute Gasteiger partial charge is 0.240 e. The van der Waals surface area contributed by atoms with E-state index in [1.165, 1.54) is 12.9 Å². The van der Waals surface area contributed by atoms with Gasteiger partial charge >= 0.3 is 0 Å². The first-order valence-corrected chi connectivity index (χ1v) is 6.53. The van der Waals surface area contributed by atoms with Crippen LogP contribution in [0.5, 0.6) is 0 Å². The highest BCUT2D eigenvalue weighted by molar-refractivity contribution is 6.05. The lowest BCUT2D eigenvalue weighted by molar-refractivity contribution is 0.101. The average Bonchev–Trinajstić information content (AvgIpc) is 2.52. The van der Waals surface area contributed by atoms with Crippen LogP contribution >= 0.6 is 0 Å². The molecule has 0 atom stereocenters. The van der Waals surface area contributed by atoms with Gasteiger partial charge in [0.15, 0.2) is 5.78 Å². The van der Waals surface area contributed by atoms with Gasteiger partial charge in [-0.2, -0.15) is 4.99 Å². The largest absolute Gasteiger partial charge is 0.295 e. The summed E-state index contributed by atoms with van der Waals surface area (Å²) in [6.07, 6.45) is 2.29. The Morgan fingerprint density at radius 3 is 1.90 bits per heavy atom. The fraction of sp³-hybridized carbons (Fsp3) is 0.176. The van der Waals surface area contributed by atoms with E-state index in [-0.39, 0.29) is 5.78 Å². The number of isocyanates is 1. The van der Waals surface area contributed by atoms with Crippen molar-refractivity contribution in [2.45, 2.75) is 20.2 Å². The van der Waals surface area contributed by atoms with Gasteiger partial charge in [0.2, 0.25) is 6.08 Å². The van der Waals surface area contributed by atoms with Gasteiger partial charge in [0.05, 0.1) is 13.5 Å². The van der Waals surface area contributed by atoms with Crippen molar-refractivity contribution in [3.63, 3.8) is 0 Å². The number of carbonyl (C=O) groups is 1. The molecule has 0 saturated heterocycles. The first-order chi connectivity index (χ1) is 10.2. The summed E-state index contributed by atoms with van der Waals surface area (Å²) in [5.41, 5.74) is 3.59. The number of hydrogen-bond donors (Lipinski definition) is 0. The predicted octanol–water partition coefficient (Wildman–Crippen LogP) is 3.65. The van der Waals surface area contributed by atoms with Gasteiger partial charge in [-0.25, -0.2) is 4.79 Å². The lowest BCUT2D eigenvalue weighted by Crippen LogP contribution is -1.93.